The average molecular weight is 242 g/mol. The largest absolute Gasteiger partial charge is 0.480 e. The smallest absolute Gasteiger partial charge is 0.323 e. The molecule has 0 radical (unpaired) electrons. The molecular formula is C12H22N2O3. The maximum Gasteiger partial charge on any atom is 0.323 e. The summed E-state index contributed by atoms with van der Waals surface area (Å²) in [5.74, 6) is -0.689. The van der Waals surface area contributed by atoms with Gasteiger partial charge in [-0.15, -0.1) is 0 Å². The van der Waals surface area contributed by atoms with E-state index in [0.717, 1.165) is 19.5 Å². The highest BCUT2D eigenvalue weighted by molar-refractivity contribution is 5.83. The lowest BCUT2D eigenvalue weighted by Crippen LogP contribution is -2.42. The van der Waals surface area contributed by atoms with Crippen LogP contribution in [0.25, 0.3) is 0 Å². The normalized spacial score (nSPS) is 20.8. The average Bonchev–Trinajstić information content (AvgIpc) is 2.61. The molecule has 1 fully saturated rings. The molecule has 98 valence electrons. The van der Waals surface area contributed by atoms with Crippen molar-refractivity contribution in [1.82, 2.24) is 9.80 Å². The Morgan fingerprint density at radius 1 is 1.47 bits per heavy atom. The molecule has 1 heterocycles. The number of nitrogens with zero attached hydrogens (tertiary/aromatic N) is 2. The summed E-state index contributed by atoms with van der Waals surface area (Å²) in [6, 6.07) is 0. The van der Waals surface area contributed by atoms with Gasteiger partial charge in [-0.25, -0.2) is 0 Å². The predicted molar refractivity (Wildman–Crippen MR) is 64.7 cm³/mol. The summed E-state index contributed by atoms with van der Waals surface area (Å²) in [6.07, 6.45) is 0.837. The molecule has 1 amide bonds. The van der Waals surface area contributed by atoms with Gasteiger partial charge in [-0.1, -0.05) is 13.8 Å². The highest BCUT2D eigenvalue weighted by Gasteiger charge is 2.30. The van der Waals surface area contributed by atoms with Gasteiger partial charge in [0.1, 0.15) is 6.54 Å². The minimum absolute atomic E-state index is 0.00884. The Kier molecular flexibility index (Phi) is 4.93. The third-order valence-corrected chi connectivity index (χ3v) is 2.96. The van der Waals surface area contributed by atoms with Crippen LogP contribution in [0.5, 0.6) is 0 Å². The summed E-state index contributed by atoms with van der Waals surface area (Å²) < 4.78 is 0. The Bertz CT molecular complexity index is 291. The van der Waals surface area contributed by atoms with Crippen molar-refractivity contribution in [3.63, 3.8) is 0 Å². The monoisotopic (exact) mass is 242 g/mol. The van der Waals surface area contributed by atoms with Crippen molar-refractivity contribution in [1.29, 1.82) is 0 Å². The molecule has 17 heavy (non-hydrogen) atoms. The second kappa shape index (κ2) is 6.00. The van der Waals surface area contributed by atoms with E-state index in [4.69, 9.17) is 5.11 Å². The minimum Gasteiger partial charge on any atom is -0.480 e. The van der Waals surface area contributed by atoms with Crippen molar-refractivity contribution in [3.8, 4) is 0 Å². The lowest BCUT2D eigenvalue weighted by molar-refractivity contribution is -0.146. The van der Waals surface area contributed by atoms with E-state index in [1.165, 1.54) is 4.90 Å². The quantitative estimate of drug-likeness (QED) is 0.763. The zero-order chi connectivity index (χ0) is 13.0. The van der Waals surface area contributed by atoms with Crippen LogP contribution in [0.1, 0.15) is 20.3 Å². The molecule has 0 spiro atoms. The molecule has 1 aliphatic heterocycles. The molecule has 0 aliphatic carbocycles. The lowest BCUT2D eigenvalue weighted by atomic mass is 10.1. The first-order valence-corrected chi connectivity index (χ1v) is 6.09. The van der Waals surface area contributed by atoms with Gasteiger partial charge in [-0.2, -0.15) is 0 Å². The SMILES string of the molecule is CC(C)CN(CC(=O)O)C(=O)C1CCN(C)C1. The molecule has 0 saturated carbocycles. The first kappa shape index (κ1) is 14.0. The molecule has 1 unspecified atom stereocenters. The molecule has 5 heteroatoms. The number of rotatable bonds is 5. The van der Waals surface area contributed by atoms with Gasteiger partial charge in [0.25, 0.3) is 0 Å². The van der Waals surface area contributed by atoms with Crippen LogP contribution in [0.15, 0.2) is 0 Å². The van der Waals surface area contributed by atoms with Gasteiger partial charge in [-0.05, 0) is 25.9 Å². The minimum atomic E-state index is -0.939. The first-order valence-electron chi connectivity index (χ1n) is 6.09. The van der Waals surface area contributed by atoms with Crippen molar-refractivity contribution in [2.45, 2.75) is 20.3 Å². The maximum atomic E-state index is 12.2. The topological polar surface area (TPSA) is 60.9 Å². The molecule has 0 aromatic rings. The van der Waals surface area contributed by atoms with E-state index in [0.29, 0.717) is 6.54 Å². The summed E-state index contributed by atoms with van der Waals surface area (Å²) in [5.41, 5.74) is 0. The predicted octanol–water partition coefficient (Wildman–Crippen LogP) is 0.507. The summed E-state index contributed by atoms with van der Waals surface area (Å²) in [7, 11) is 1.98. The molecule has 5 nitrogen and oxygen atoms in total. The Balaban J connectivity index is 2.61. The Hall–Kier alpha value is -1.10. The van der Waals surface area contributed by atoms with Gasteiger partial charge < -0.3 is 14.9 Å². The van der Waals surface area contributed by atoms with Crippen molar-refractivity contribution in [2.75, 3.05) is 33.2 Å². The van der Waals surface area contributed by atoms with Crippen LogP contribution < -0.4 is 0 Å². The van der Waals surface area contributed by atoms with E-state index in [9.17, 15) is 9.59 Å². The highest BCUT2D eigenvalue weighted by atomic mass is 16.4. The second-order valence-electron chi connectivity index (χ2n) is 5.25. The van der Waals surface area contributed by atoms with Crippen molar-refractivity contribution in [2.24, 2.45) is 11.8 Å². The van der Waals surface area contributed by atoms with Crippen LogP contribution in [-0.2, 0) is 9.59 Å². The zero-order valence-corrected chi connectivity index (χ0v) is 10.8. The van der Waals surface area contributed by atoms with E-state index in [1.54, 1.807) is 0 Å². The lowest BCUT2D eigenvalue weighted by Gasteiger charge is -2.25. The van der Waals surface area contributed by atoms with Crippen LogP contribution in [0, 0.1) is 11.8 Å². The zero-order valence-electron chi connectivity index (χ0n) is 10.8. The molecule has 0 bridgehead atoms. The second-order valence-corrected chi connectivity index (χ2v) is 5.25. The number of carboxylic acid groups (broad SMARTS) is 1. The number of carboxylic acids is 1. The number of amides is 1. The van der Waals surface area contributed by atoms with E-state index in [2.05, 4.69) is 4.90 Å². The maximum absolute atomic E-state index is 12.2. The van der Waals surface area contributed by atoms with Crippen molar-refractivity contribution >= 4 is 11.9 Å². The molecule has 1 atom stereocenters. The third-order valence-electron chi connectivity index (χ3n) is 2.96. The number of aliphatic carboxylic acids is 1. The number of likely N-dealkylation sites (tertiary alicyclic amines) is 1. The van der Waals surface area contributed by atoms with E-state index in [-0.39, 0.29) is 24.3 Å². The Morgan fingerprint density at radius 3 is 2.53 bits per heavy atom. The molecule has 0 aromatic heterocycles. The van der Waals surface area contributed by atoms with Crippen LogP contribution in [0.4, 0.5) is 0 Å². The molecule has 1 N–H and O–H groups in total. The van der Waals surface area contributed by atoms with Gasteiger partial charge in [0, 0.05) is 13.1 Å². The van der Waals surface area contributed by atoms with Crippen LogP contribution in [0.3, 0.4) is 0 Å². The van der Waals surface area contributed by atoms with Crippen LogP contribution in [0.2, 0.25) is 0 Å². The molecule has 0 aromatic carbocycles. The fraction of sp³-hybridized carbons (Fsp3) is 0.833. The van der Waals surface area contributed by atoms with E-state index in [1.807, 2.05) is 20.9 Å². The Morgan fingerprint density at radius 2 is 2.12 bits per heavy atom. The van der Waals surface area contributed by atoms with E-state index >= 15 is 0 Å². The Labute approximate surface area is 102 Å². The van der Waals surface area contributed by atoms with Gasteiger partial charge in [-0.3, -0.25) is 9.59 Å². The molecule has 1 rings (SSSR count). The summed E-state index contributed by atoms with van der Waals surface area (Å²) in [5, 5.41) is 8.84. The third kappa shape index (κ3) is 4.34. The van der Waals surface area contributed by atoms with Gasteiger partial charge in [0.15, 0.2) is 0 Å². The number of carbonyl (C=O) groups is 2. The fourth-order valence-corrected chi connectivity index (χ4v) is 2.23. The number of hydrogen-bond acceptors (Lipinski definition) is 3. The van der Waals surface area contributed by atoms with Crippen molar-refractivity contribution in [3.05, 3.63) is 0 Å². The van der Waals surface area contributed by atoms with Gasteiger partial charge >= 0.3 is 5.97 Å². The summed E-state index contributed by atoms with van der Waals surface area (Å²) in [4.78, 5) is 26.6. The summed E-state index contributed by atoms with van der Waals surface area (Å²) >= 11 is 0. The standard InChI is InChI=1S/C12H22N2O3/c1-9(2)6-14(8-11(15)16)12(17)10-4-5-13(3)7-10/h9-10H,4-8H2,1-3H3,(H,15,16). The number of hydrogen-bond donors (Lipinski definition) is 1. The number of carbonyl (C=O) groups excluding carboxylic acids is 1. The molecular weight excluding hydrogens is 220 g/mol. The fourth-order valence-electron chi connectivity index (χ4n) is 2.23. The van der Waals surface area contributed by atoms with Crippen molar-refractivity contribution < 1.29 is 14.7 Å². The first-order chi connectivity index (χ1) is 7.90. The molecule has 1 saturated heterocycles. The van der Waals surface area contributed by atoms with Gasteiger partial charge in [0.2, 0.25) is 5.91 Å². The van der Waals surface area contributed by atoms with Crippen LogP contribution in [-0.4, -0.2) is 60.0 Å². The summed E-state index contributed by atoms with van der Waals surface area (Å²) in [6.45, 7) is 5.97. The van der Waals surface area contributed by atoms with Crippen LogP contribution >= 0.6 is 0 Å². The highest BCUT2D eigenvalue weighted by Crippen LogP contribution is 2.17. The molecule has 1 aliphatic rings. The van der Waals surface area contributed by atoms with E-state index < -0.39 is 5.97 Å². The van der Waals surface area contributed by atoms with Gasteiger partial charge in [0.05, 0.1) is 5.92 Å².